The molecule has 6 nitrogen and oxygen atoms in total. The van der Waals surface area contributed by atoms with Gasteiger partial charge in [-0.05, 0) is 46.8 Å². The minimum Gasteiger partial charge on any atom is -0.435 e. The maximum absolute atomic E-state index is 12.2. The van der Waals surface area contributed by atoms with Crippen LogP contribution in [0.1, 0.15) is 5.82 Å². The highest BCUT2D eigenvalue weighted by Crippen LogP contribution is 2.27. The Hall–Kier alpha value is -2.26. The molecule has 124 valence electrons. The Balaban J connectivity index is 1.74. The lowest BCUT2D eigenvalue weighted by molar-refractivity contribution is -0.0498. The fraction of sp³-hybridized carbons (Fsp3) is 0.143. The van der Waals surface area contributed by atoms with Gasteiger partial charge in [-0.2, -0.15) is 13.5 Å². The van der Waals surface area contributed by atoms with Crippen LogP contribution in [-0.2, 0) is 5.75 Å². The molecular weight excluding hydrogens is 360 g/mol. The summed E-state index contributed by atoms with van der Waals surface area (Å²) in [5.41, 5.74) is 0.629. The van der Waals surface area contributed by atoms with Crippen molar-refractivity contribution in [2.75, 3.05) is 0 Å². The molecule has 0 saturated heterocycles. The molecule has 24 heavy (non-hydrogen) atoms. The highest BCUT2D eigenvalue weighted by Gasteiger charge is 2.11. The summed E-state index contributed by atoms with van der Waals surface area (Å²) in [6.45, 7) is -2.86. The normalized spacial score (nSPS) is 11.0. The molecule has 10 heteroatoms. The number of nitrogens with zero attached hydrogens (tertiary/aromatic N) is 5. The average Bonchev–Trinajstić information content (AvgIpc) is 3.03. The van der Waals surface area contributed by atoms with Gasteiger partial charge in [0.2, 0.25) is 0 Å². The summed E-state index contributed by atoms with van der Waals surface area (Å²) in [6.07, 6.45) is 1.65. The Morgan fingerprint density at radius 2 is 2.00 bits per heavy atom. The summed E-state index contributed by atoms with van der Waals surface area (Å²) in [5, 5.41) is 12.8. The first-order chi connectivity index (χ1) is 11.6. The monoisotopic (exact) mass is 369 g/mol. The van der Waals surface area contributed by atoms with Gasteiger partial charge in [-0.15, -0.1) is 5.10 Å². The molecule has 1 aromatic carbocycles. The zero-order valence-corrected chi connectivity index (χ0v) is 13.6. The van der Waals surface area contributed by atoms with E-state index in [4.69, 9.17) is 11.6 Å². The van der Waals surface area contributed by atoms with Crippen LogP contribution in [0, 0.1) is 0 Å². The Bertz CT molecular complexity index is 815. The van der Waals surface area contributed by atoms with Crippen LogP contribution in [0.5, 0.6) is 5.75 Å². The van der Waals surface area contributed by atoms with Gasteiger partial charge in [-0.3, -0.25) is 0 Å². The number of halogens is 3. The molecule has 2 heterocycles. The number of rotatable bonds is 6. The Morgan fingerprint density at radius 1 is 1.21 bits per heavy atom. The Kier molecular flexibility index (Phi) is 5.21. The van der Waals surface area contributed by atoms with Gasteiger partial charge < -0.3 is 4.74 Å². The summed E-state index contributed by atoms with van der Waals surface area (Å²) >= 11 is 7.46. The van der Waals surface area contributed by atoms with Crippen LogP contribution in [0.2, 0.25) is 5.02 Å². The molecule has 0 aliphatic heterocycles. The van der Waals surface area contributed by atoms with Gasteiger partial charge in [-0.25, -0.2) is 4.98 Å². The largest absolute Gasteiger partial charge is 0.435 e. The highest BCUT2D eigenvalue weighted by molar-refractivity contribution is 7.98. The van der Waals surface area contributed by atoms with Crippen LogP contribution in [0.25, 0.3) is 5.69 Å². The second-order valence-corrected chi connectivity index (χ2v) is 5.83. The van der Waals surface area contributed by atoms with Crippen molar-refractivity contribution in [1.82, 2.24) is 25.2 Å². The third-order valence-corrected chi connectivity index (χ3v) is 4.32. The van der Waals surface area contributed by atoms with Gasteiger partial charge >= 0.3 is 6.61 Å². The molecule has 0 radical (unpaired) electrons. The van der Waals surface area contributed by atoms with E-state index in [1.807, 2.05) is 0 Å². The second-order valence-electron chi connectivity index (χ2n) is 4.46. The van der Waals surface area contributed by atoms with Crippen molar-refractivity contribution in [2.24, 2.45) is 0 Å². The Labute approximate surface area is 144 Å². The van der Waals surface area contributed by atoms with E-state index in [1.54, 1.807) is 30.5 Å². The van der Waals surface area contributed by atoms with Gasteiger partial charge in [-0.1, -0.05) is 23.4 Å². The van der Waals surface area contributed by atoms with E-state index in [2.05, 4.69) is 25.2 Å². The Morgan fingerprint density at radius 3 is 2.71 bits per heavy atom. The highest BCUT2D eigenvalue weighted by atomic mass is 35.5. The van der Waals surface area contributed by atoms with Gasteiger partial charge in [0.25, 0.3) is 0 Å². The summed E-state index contributed by atoms with van der Waals surface area (Å²) < 4.78 is 30.2. The molecule has 0 unspecified atom stereocenters. The van der Waals surface area contributed by atoms with Crippen molar-refractivity contribution in [3.05, 3.63) is 53.4 Å². The maximum Gasteiger partial charge on any atom is 0.387 e. The number of thioether (sulfide) groups is 1. The first-order valence-electron chi connectivity index (χ1n) is 6.69. The quantitative estimate of drug-likeness (QED) is 0.618. The molecule has 3 aromatic rings. The van der Waals surface area contributed by atoms with E-state index in [-0.39, 0.29) is 5.75 Å². The van der Waals surface area contributed by atoms with Crippen molar-refractivity contribution in [3.63, 3.8) is 0 Å². The van der Waals surface area contributed by atoms with E-state index in [0.717, 1.165) is 0 Å². The van der Waals surface area contributed by atoms with Crippen LogP contribution in [-0.4, -0.2) is 31.8 Å². The van der Waals surface area contributed by atoms with Crippen LogP contribution < -0.4 is 4.74 Å². The molecule has 2 aromatic heterocycles. The van der Waals surface area contributed by atoms with Crippen molar-refractivity contribution in [1.29, 1.82) is 0 Å². The van der Waals surface area contributed by atoms with E-state index < -0.39 is 6.61 Å². The summed E-state index contributed by atoms with van der Waals surface area (Å²) in [7, 11) is 0. The van der Waals surface area contributed by atoms with Crippen molar-refractivity contribution >= 4 is 23.4 Å². The summed E-state index contributed by atoms with van der Waals surface area (Å²) in [4.78, 5) is 4.18. The smallest absolute Gasteiger partial charge is 0.387 e. The third kappa shape index (κ3) is 3.98. The van der Waals surface area contributed by atoms with Gasteiger partial charge in [0.1, 0.15) is 10.8 Å². The van der Waals surface area contributed by atoms with Crippen LogP contribution in [0.3, 0.4) is 0 Å². The molecule has 0 atom stereocenters. The average molecular weight is 370 g/mol. The number of hydrogen-bond donors (Lipinski definition) is 0. The van der Waals surface area contributed by atoms with Gasteiger partial charge in [0.05, 0.1) is 16.5 Å². The molecule has 0 bridgehead atoms. The fourth-order valence-electron chi connectivity index (χ4n) is 1.88. The predicted molar refractivity (Wildman–Crippen MR) is 84.6 cm³/mol. The molecule has 0 aliphatic rings. The lowest BCUT2D eigenvalue weighted by Gasteiger charge is -2.07. The zero-order valence-electron chi connectivity index (χ0n) is 12.0. The summed E-state index contributed by atoms with van der Waals surface area (Å²) in [6, 6.07) is 9.54. The fourth-order valence-corrected chi connectivity index (χ4v) is 2.95. The van der Waals surface area contributed by atoms with Crippen LogP contribution in [0.15, 0.2) is 47.6 Å². The van der Waals surface area contributed by atoms with E-state index >= 15 is 0 Å². The minimum atomic E-state index is -2.86. The number of ether oxygens (including phenoxy) is 1. The second kappa shape index (κ2) is 7.54. The lowest BCUT2D eigenvalue weighted by atomic mass is 10.3. The number of tetrazole rings is 1. The molecular formula is C14H10ClF2N5OS. The first kappa shape index (κ1) is 16.6. The zero-order chi connectivity index (χ0) is 16.9. The SMILES string of the molecule is FC(F)Oc1ccc(-n2nnnc2CSc2ncccc2Cl)cc1. The van der Waals surface area contributed by atoms with Crippen molar-refractivity contribution < 1.29 is 13.5 Å². The summed E-state index contributed by atoms with van der Waals surface area (Å²) in [5.74, 6) is 1.08. The molecule has 0 N–H and O–H groups in total. The first-order valence-corrected chi connectivity index (χ1v) is 8.05. The van der Waals surface area contributed by atoms with Crippen LogP contribution in [0.4, 0.5) is 8.78 Å². The van der Waals surface area contributed by atoms with Crippen molar-refractivity contribution in [3.8, 4) is 11.4 Å². The third-order valence-electron chi connectivity index (χ3n) is 2.90. The maximum atomic E-state index is 12.2. The standard InChI is InChI=1S/C14H10ClF2N5OS/c15-11-2-1-7-18-13(11)24-8-12-19-20-21-22(12)9-3-5-10(6-4-9)23-14(16)17/h1-7,14H,8H2. The molecule has 0 saturated carbocycles. The van der Waals surface area contributed by atoms with E-state index in [1.165, 1.54) is 28.6 Å². The molecule has 0 aliphatic carbocycles. The number of benzene rings is 1. The van der Waals surface area contributed by atoms with Gasteiger partial charge in [0, 0.05) is 6.20 Å². The van der Waals surface area contributed by atoms with E-state index in [9.17, 15) is 8.78 Å². The molecule has 0 amide bonds. The van der Waals surface area contributed by atoms with Crippen LogP contribution >= 0.6 is 23.4 Å². The molecule has 3 rings (SSSR count). The molecule has 0 spiro atoms. The van der Waals surface area contributed by atoms with Gasteiger partial charge in [0.15, 0.2) is 5.82 Å². The van der Waals surface area contributed by atoms with Crippen molar-refractivity contribution in [2.45, 2.75) is 17.4 Å². The minimum absolute atomic E-state index is 0.0676. The number of alkyl halides is 2. The number of pyridine rings is 1. The predicted octanol–water partition coefficient (Wildman–Crippen LogP) is 3.60. The van der Waals surface area contributed by atoms with E-state index in [0.29, 0.717) is 27.3 Å². The topological polar surface area (TPSA) is 65.7 Å². The lowest BCUT2D eigenvalue weighted by Crippen LogP contribution is -2.04. The molecule has 0 fully saturated rings. The number of hydrogen-bond acceptors (Lipinski definition) is 6. The number of aromatic nitrogens is 5.